The van der Waals surface area contributed by atoms with Crippen LogP contribution in [0.3, 0.4) is 0 Å². The zero-order valence-electron chi connectivity index (χ0n) is 8.12. The zero-order valence-corrected chi connectivity index (χ0v) is 8.12. The van der Waals surface area contributed by atoms with Crippen LogP contribution in [0.15, 0.2) is 18.2 Å². The molecule has 0 radical (unpaired) electrons. The van der Waals surface area contributed by atoms with Crippen molar-refractivity contribution in [3.63, 3.8) is 0 Å². The van der Waals surface area contributed by atoms with Crippen LogP contribution in [0.4, 0.5) is 0 Å². The Morgan fingerprint density at radius 2 is 2.36 bits per heavy atom. The lowest BCUT2D eigenvalue weighted by Crippen LogP contribution is -2.93. The molecule has 0 aliphatic carbocycles. The van der Waals surface area contributed by atoms with Crippen LogP contribution in [0, 0.1) is 6.92 Å². The van der Waals surface area contributed by atoms with Crippen molar-refractivity contribution in [1.82, 2.24) is 0 Å². The number of quaternary nitrogens is 1. The molecule has 2 N–H and O–H groups in total. The summed E-state index contributed by atoms with van der Waals surface area (Å²) in [6.45, 7) is 2.77. The van der Waals surface area contributed by atoms with E-state index in [1.54, 1.807) is 0 Å². The fourth-order valence-electron chi connectivity index (χ4n) is 2.00. The van der Waals surface area contributed by atoms with Crippen LogP contribution in [0.1, 0.15) is 16.7 Å². The minimum Gasteiger partial charge on any atom is -0.544 e. The summed E-state index contributed by atoms with van der Waals surface area (Å²) in [4.78, 5) is 10.7. The van der Waals surface area contributed by atoms with Gasteiger partial charge in [-0.3, -0.25) is 0 Å². The number of aliphatic carboxylic acids is 1. The molecule has 1 aromatic carbocycles. The highest BCUT2D eigenvalue weighted by molar-refractivity contribution is 5.70. The van der Waals surface area contributed by atoms with Gasteiger partial charge in [0.05, 0.1) is 5.97 Å². The summed E-state index contributed by atoms with van der Waals surface area (Å²) in [5.41, 5.74) is 3.62. The van der Waals surface area contributed by atoms with Crippen LogP contribution in [0.5, 0.6) is 0 Å². The molecule has 0 bridgehead atoms. The fraction of sp³-hybridized carbons (Fsp3) is 0.364. The SMILES string of the molecule is Cc1cccc2c1C[C@H](C(=O)[O-])[NH2+]C2. The van der Waals surface area contributed by atoms with Gasteiger partial charge in [0.25, 0.3) is 0 Å². The molecule has 1 heterocycles. The first kappa shape index (κ1) is 9.21. The summed E-state index contributed by atoms with van der Waals surface area (Å²) in [6, 6.07) is 5.69. The van der Waals surface area contributed by atoms with Crippen molar-refractivity contribution in [3.8, 4) is 0 Å². The second kappa shape index (κ2) is 3.42. The van der Waals surface area contributed by atoms with E-state index in [4.69, 9.17) is 0 Å². The molecule has 1 aliphatic rings. The number of nitrogens with two attached hydrogens (primary N) is 1. The van der Waals surface area contributed by atoms with Crippen LogP contribution in [0.2, 0.25) is 0 Å². The largest absolute Gasteiger partial charge is 0.544 e. The van der Waals surface area contributed by atoms with E-state index < -0.39 is 12.0 Å². The number of aryl methyl sites for hydroxylation is 1. The van der Waals surface area contributed by atoms with Crippen molar-refractivity contribution in [3.05, 3.63) is 34.9 Å². The molecule has 0 fully saturated rings. The number of benzene rings is 1. The highest BCUT2D eigenvalue weighted by Gasteiger charge is 2.22. The number of rotatable bonds is 1. The molecule has 3 heteroatoms. The first-order chi connectivity index (χ1) is 6.68. The zero-order chi connectivity index (χ0) is 10.1. The van der Waals surface area contributed by atoms with Gasteiger partial charge < -0.3 is 15.2 Å². The van der Waals surface area contributed by atoms with E-state index in [0.29, 0.717) is 6.42 Å². The molecule has 3 nitrogen and oxygen atoms in total. The lowest BCUT2D eigenvalue weighted by atomic mass is 9.92. The predicted molar refractivity (Wildman–Crippen MR) is 49.3 cm³/mol. The Morgan fingerprint density at radius 1 is 1.57 bits per heavy atom. The van der Waals surface area contributed by atoms with E-state index in [0.717, 1.165) is 6.54 Å². The third-order valence-corrected chi connectivity index (χ3v) is 2.86. The van der Waals surface area contributed by atoms with Crippen LogP contribution in [-0.4, -0.2) is 12.0 Å². The van der Waals surface area contributed by atoms with Gasteiger partial charge in [-0.25, -0.2) is 0 Å². The van der Waals surface area contributed by atoms with Gasteiger partial charge in [-0.2, -0.15) is 0 Å². The van der Waals surface area contributed by atoms with Gasteiger partial charge >= 0.3 is 0 Å². The van der Waals surface area contributed by atoms with Crippen LogP contribution < -0.4 is 10.4 Å². The molecule has 1 aliphatic heterocycles. The summed E-state index contributed by atoms with van der Waals surface area (Å²) < 4.78 is 0. The first-order valence-electron chi connectivity index (χ1n) is 4.80. The molecule has 1 aromatic rings. The van der Waals surface area contributed by atoms with Crippen molar-refractivity contribution < 1.29 is 15.2 Å². The maximum Gasteiger partial charge on any atom is 0.130 e. The molecule has 0 saturated heterocycles. The number of carboxylic acid groups (broad SMARTS) is 1. The van der Waals surface area contributed by atoms with Crippen LogP contribution in [0.25, 0.3) is 0 Å². The van der Waals surface area contributed by atoms with Gasteiger partial charge in [0.2, 0.25) is 0 Å². The molecule has 0 aromatic heterocycles. The molecule has 0 spiro atoms. The van der Waals surface area contributed by atoms with Crippen molar-refractivity contribution in [2.75, 3.05) is 0 Å². The maximum absolute atomic E-state index is 10.7. The average molecular weight is 191 g/mol. The van der Waals surface area contributed by atoms with E-state index >= 15 is 0 Å². The highest BCUT2D eigenvalue weighted by atomic mass is 16.4. The number of carbonyl (C=O) groups excluding carboxylic acids is 1. The molecule has 0 unspecified atom stereocenters. The van der Waals surface area contributed by atoms with Gasteiger partial charge in [-0.05, 0) is 18.1 Å². The van der Waals surface area contributed by atoms with Crippen molar-refractivity contribution >= 4 is 5.97 Å². The highest BCUT2D eigenvalue weighted by Crippen LogP contribution is 2.17. The van der Waals surface area contributed by atoms with Gasteiger partial charge in [-0.15, -0.1) is 0 Å². The smallest absolute Gasteiger partial charge is 0.130 e. The summed E-state index contributed by atoms with van der Waals surface area (Å²) in [5.74, 6) is -0.959. The lowest BCUT2D eigenvalue weighted by Gasteiger charge is -2.24. The third kappa shape index (κ3) is 1.51. The number of hydrogen-bond acceptors (Lipinski definition) is 2. The maximum atomic E-state index is 10.7. The minimum absolute atomic E-state index is 0.413. The van der Waals surface area contributed by atoms with Gasteiger partial charge in [-0.1, -0.05) is 18.2 Å². The summed E-state index contributed by atoms with van der Waals surface area (Å²) in [7, 11) is 0. The Kier molecular flexibility index (Phi) is 2.25. The Balaban J connectivity index is 2.33. The molecular weight excluding hydrogens is 178 g/mol. The number of carboxylic acids is 1. The standard InChI is InChI=1S/C11H13NO2/c1-7-3-2-4-8-6-12-10(11(13)14)5-9(7)8/h2-4,10,12H,5-6H2,1H3,(H,13,14)/t10-/m1/s1. The monoisotopic (exact) mass is 191 g/mol. The second-order valence-electron chi connectivity index (χ2n) is 3.78. The topological polar surface area (TPSA) is 56.7 Å². The Hall–Kier alpha value is -1.35. The van der Waals surface area contributed by atoms with E-state index in [9.17, 15) is 9.90 Å². The Bertz CT molecular complexity index is 374. The van der Waals surface area contributed by atoms with Gasteiger partial charge in [0.15, 0.2) is 0 Å². The quantitative estimate of drug-likeness (QED) is 0.602. The second-order valence-corrected chi connectivity index (χ2v) is 3.78. The normalized spacial score (nSPS) is 20.2. The van der Waals surface area contributed by atoms with Crippen molar-refractivity contribution in [2.45, 2.75) is 25.9 Å². The first-order valence-corrected chi connectivity index (χ1v) is 4.80. The number of fused-ring (bicyclic) bond motifs is 1. The van der Waals surface area contributed by atoms with Gasteiger partial charge in [0, 0.05) is 12.0 Å². The lowest BCUT2D eigenvalue weighted by molar-refractivity contribution is -0.701. The third-order valence-electron chi connectivity index (χ3n) is 2.86. The molecule has 0 saturated carbocycles. The van der Waals surface area contributed by atoms with Crippen molar-refractivity contribution in [1.29, 1.82) is 0 Å². The summed E-state index contributed by atoms with van der Waals surface area (Å²) in [6.07, 6.45) is 0.588. The molecule has 0 amide bonds. The predicted octanol–water partition coefficient (Wildman–Crippen LogP) is -1.27. The van der Waals surface area contributed by atoms with E-state index in [1.165, 1.54) is 16.7 Å². The van der Waals surface area contributed by atoms with Crippen molar-refractivity contribution in [2.24, 2.45) is 0 Å². The van der Waals surface area contributed by atoms with Gasteiger partial charge in [0.1, 0.15) is 12.6 Å². The van der Waals surface area contributed by atoms with Crippen LogP contribution >= 0.6 is 0 Å². The molecule has 14 heavy (non-hydrogen) atoms. The summed E-state index contributed by atoms with van der Waals surface area (Å²) in [5, 5.41) is 12.6. The van der Waals surface area contributed by atoms with E-state index in [2.05, 4.69) is 6.07 Å². The minimum atomic E-state index is -0.959. The number of carbonyl (C=O) groups is 1. The average Bonchev–Trinajstić information content (AvgIpc) is 2.18. The molecule has 74 valence electrons. The fourth-order valence-corrected chi connectivity index (χ4v) is 2.00. The molecular formula is C11H13NO2. The Morgan fingerprint density at radius 3 is 3.07 bits per heavy atom. The Labute approximate surface area is 82.8 Å². The summed E-state index contributed by atoms with van der Waals surface area (Å²) >= 11 is 0. The molecule has 2 rings (SSSR count). The number of hydrogen-bond donors (Lipinski definition) is 1. The van der Waals surface area contributed by atoms with Crippen LogP contribution in [-0.2, 0) is 17.8 Å². The van der Waals surface area contributed by atoms with E-state index in [1.807, 2.05) is 24.4 Å². The molecule has 1 atom stereocenters. The van der Waals surface area contributed by atoms with E-state index in [-0.39, 0.29) is 0 Å².